The van der Waals surface area contributed by atoms with Gasteiger partial charge in [0.05, 0.1) is 19.2 Å². The Kier molecular flexibility index (Phi) is 6.28. The summed E-state index contributed by atoms with van der Waals surface area (Å²) >= 11 is 0. The van der Waals surface area contributed by atoms with E-state index in [0.29, 0.717) is 5.75 Å². The normalized spacial score (nSPS) is 28.1. The topological polar surface area (TPSA) is 68.3 Å². The highest BCUT2D eigenvalue weighted by Crippen LogP contribution is 2.45. The maximum Gasteiger partial charge on any atom is 0.282 e. The molecule has 2 amide bonds. The Morgan fingerprint density at radius 1 is 0.861 bits per heavy atom. The van der Waals surface area contributed by atoms with Gasteiger partial charge in [0.25, 0.3) is 11.8 Å². The lowest BCUT2D eigenvalue weighted by molar-refractivity contribution is -0.290. The van der Waals surface area contributed by atoms with Crippen molar-refractivity contribution >= 4 is 17.5 Å². The van der Waals surface area contributed by atoms with E-state index in [2.05, 4.69) is 0 Å². The van der Waals surface area contributed by atoms with Gasteiger partial charge in [-0.05, 0) is 49.2 Å². The molecule has 2 saturated heterocycles. The van der Waals surface area contributed by atoms with Gasteiger partial charge < -0.3 is 19.1 Å². The largest absolute Gasteiger partial charge is 0.497 e. The Labute approximate surface area is 211 Å². The Hall–Kier alpha value is -3.68. The van der Waals surface area contributed by atoms with E-state index in [1.54, 1.807) is 30.9 Å². The smallest absolute Gasteiger partial charge is 0.282 e. The molecule has 0 spiro atoms. The summed E-state index contributed by atoms with van der Waals surface area (Å²) < 4.78 is 18.0. The number of morpholine rings is 1. The summed E-state index contributed by atoms with van der Waals surface area (Å²) in [6.07, 6.45) is -1.30. The summed E-state index contributed by atoms with van der Waals surface area (Å²) in [5.74, 6) is -1.46. The van der Waals surface area contributed by atoms with Crippen molar-refractivity contribution in [2.75, 3.05) is 19.1 Å². The lowest BCUT2D eigenvalue weighted by Gasteiger charge is -2.52. The fourth-order valence-corrected chi connectivity index (χ4v) is 4.99. The third-order valence-corrected chi connectivity index (χ3v) is 7.13. The number of amides is 2. The first-order chi connectivity index (χ1) is 17.3. The van der Waals surface area contributed by atoms with Crippen LogP contribution >= 0.6 is 0 Å². The zero-order chi connectivity index (χ0) is 25.4. The van der Waals surface area contributed by atoms with Gasteiger partial charge in [-0.25, -0.2) is 0 Å². The molecule has 0 aliphatic carbocycles. The summed E-state index contributed by atoms with van der Waals surface area (Å²) in [5.41, 5.74) is 2.58. The lowest BCUT2D eigenvalue weighted by atomic mass is 9.89. The number of anilines is 1. The molecule has 0 N–H and O–H groups in total. The van der Waals surface area contributed by atoms with E-state index in [1.165, 1.54) is 0 Å². The molecular weight excluding hydrogens is 456 g/mol. The fourth-order valence-electron chi connectivity index (χ4n) is 4.99. The van der Waals surface area contributed by atoms with Gasteiger partial charge in [-0.3, -0.25) is 14.5 Å². The molecule has 0 aromatic heterocycles. The number of nitrogens with zero attached hydrogens (tertiary/aromatic N) is 2. The zero-order valence-corrected chi connectivity index (χ0v) is 20.8. The van der Waals surface area contributed by atoms with E-state index in [4.69, 9.17) is 14.2 Å². The van der Waals surface area contributed by atoms with Crippen molar-refractivity contribution in [1.82, 2.24) is 4.90 Å². The van der Waals surface area contributed by atoms with Gasteiger partial charge in [0, 0.05) is 12.7 Å². The summed E-state index contributed by atoms with van der Waals surface area (Å²) in [7, 11) is 3.35. The molecule has 36 heavy (non-hydrogen) atoms. The Morgan fingerprint density at radius 2 is 1.47 bits per heavy atom. The molecule has 0 radical (unpaired) electrons. The SMILES string of the molecule is COc1ccc([C@@H]2[C@H](O[C@@]3(C)O[C@H](c4ccccc4)[C@H](C)N(C)C3=O)C(=O)N2c2ccccc2)cc1. The van der Waals surface area contributed by atoms with Crippen LogP contribution in [0.4, 0.5) is 5.69 Å². The van der Waals surface area contributed by atoms with Crippen molar-refractivity contribution in [3.8, 4) is 5.75 Å². The predicted molar refractivity (Wildman–Crippen MR) is 135 cm³/mol. The first-order valence-electron chi connectivity index (χ1n) is 12.0. The third kappa shape index (κ3) is 4.04. The number of hydrogen-bond acceptors (Lipinski definition) is 5. The summed E-state index contributed by atoms with van der Waals surface area (Å²) in [6.45, 7) is 3.55. The number of β-lactam (4-membered cyclic amide) rings is 1. The second-order valence-electron chi connectivity index (χ2n) is 9.35. The molecular formula is C29H30N2O5. The number of likely N-dealkylation sites (N-methyl/N-ethyl adjacent to an activating group) is 1. The lowest BCUT2D eigenvalue weighted by Crippen LogP contribution is -2.67. The minimum absolute atomic E-state index is 0.202. The fraction of sp³-hybridized carbons (Fsp3) is 0.310. The van der Waals surface area contributed by atoms with Crippen molar-refractivity contribution < 1.29 is 23.8 Å². The molecule has 5 rings (SSSR count). The quantitative estimate of drug-likeness (QED) is 0.480. The molecule has 2 heterocycles. The second-order valence-corrected chi connectivity index (χ2v) is 9.35. The van der Waals surface area contributed by atoms with Gasteiger partial charge in [-0.1, -0.05) is 60.7 Å². The van der Waals surface area contributed by atoms with Crippen molar-refractivity contribution in [3.63, 3.8) is 0 Å². The van der Waals surface area contributed by atoms with Crippen LogP contribution in [0.25, 0.3) is 0 Å². The van der Waals surface area contributed by atoms with E-state index in [9.17, 15) is 9.59 Å². The van der Waals surface area contributed by atoms with E-state index < -0.39 is 24.0 Å². The number of carbonyl (C=O) groups excluding carboxylic acids is 2. The van der Waals surface area contributed by atoms with Gasteiger partial charge in [-0.15, -0.1) is 0 Å². The van der Waals surface area contributed by atoms with Crippen molar-refractivity contribution in [2.24, 2.45) is 0 Å². The molecule has 0 bridgehead atoms. The highest BCUT2D eigenvalue weighted by Gasteiger charge is 2.57. The molecule has 2 aliphatic heterocycles. The molecule has 7 heteroatoms. The number of ether oxygens (including phenoxy) is 3. The van der Waals surface area contributed by atoms with Crippen molar-refractivity contribution in [2.45, 2.75) is 43.9 Å². The number of methoxy groups -OCH3 is 1. The van der Waals surface area contributed by atoms with Gasteiger partial charge in [-0.2, -0.15) is 0 Å². The summed E-state index contributed by atoms with van der Waals surface area (Å²) in [4.78, 5) is 30.3. The Morgan fingerprint density at radius 3 is 2.08 bits per heavy atom. The zero-order valence-electron chi connectivity index (χ0n) is 20.8. The average Bonchev–Trinajstić information content (AvgIpc) is 2.92. The van der Waals surface area contributed by atoms with Crippen LogP contribution in [-0.2, 0) is 19.1 Å². The number of rotatable bonds is 6. The van der Waals surface area contributed by atoms with E-state index in [-0.39, 0.29) is 17.9 Å². The maximum atomic E-state index is 13.5. The van der Waals surface area contributed by atoms with Crippen LogP contribution in [0.1, 0.15) is 37.1 Å². The first-order valence-corrected chi connectivity index (χ1v) is 12.0. The summed E-state index contributed by atoms with van der Waals surface area (Å²) in [6, 6.07) is 26.1. The standard InChI is InChI=1S/C29H30N2O5/c1-19-25(21-11-7-5-8-12-21)35-29(2,28(33)30(19)3)36-26-24(20-15-17-23(34-4)18-16-20)31(27(26)32)22-13-9-6-10-14-22/h5-19,24-26H,1-4H3/t19-,24+,25-,26-,29+/m0/s1. The number of hydrogen-bond donors (Lipinski definition) is 0. The van der Waals surface area contributed by atoms with Gasteiger partial charge in [0.1, 0.15) is 11.9 Å². The van der Waals surface area contributed by atoms with Crippen molar-refractivity contribution in [1.29, 1.82) is 0 Å². The summed E-state index contributed by atoms with van der Waals surface area (Å²) in [5, 5.41) is 0. The van der Waals surface area contributed by atoms with Gasteiger partial charge >= 0.3 is 0 Å². The molecule has 5 atom stereocenters. The molecule has 3 aromatic rings. The molecule has 7 nitrogen and oxygen atoms in total. The van der Waals surface area contributed by atoms with E-state index in [1.807, 2.05) is 91.9 Å². The van der Waals surface area contributed by atoms with E-state index in [0.717, 1.165) is 16.8 Å². The van der Waals surface area contributed by atoms with Crippen molar-refractivity contribution in [3.05, 3.63) is 96.1 Å². The molecule has 0 saturated carbocycles. The van der Waals surface area contributed by atoms with Crippen LogP contribution < -0.4 is 9.64 Å². The van der Waals surface area contributed by atoms with Crippen LogP contribution in [0.5, 0.6) is 5.75 Å². The van der Waals surface area contributed by atoms with E-state index >= 15 is 0 Å². The first kappa shape index (κ1) is 24.0. The average molecular weight is 487 g/mol. The van der Waals surface area contributed by atoms with Crippen LogP contribution in [-0.4, -0.2) is 48.8 Å². The number of carbonyl (C=O) groups is 2. The minimum Gasteiger partial charge on any atom is -0.497 e. The molecule has 186 valence electrons. The third-order valence-electron chi connectivity index (χ3n) is 7.13. The highest BCUT2D eigenvalue weighted by atomic mass is 16.7. The predicted octanol–water partition coefficient (Wildman–Crippen LogP) is 4.50. The van der Waals surface area contributed by atoms with Gasteiger partial charge in [0.2, 0.25) is 5.79 Å². The molecule has 2 fully saturated rings. The highest BCUT2D eigenvalue weighted by molar-refractivity contribution is 6.05. The number of para-hydroxylation sites is 1. The Bertz CT molecular complexity index is 1230. The monoisotopic (exact) mass is 486 g/mol. The van der Waals surface area contributed by atoms with Crippen LogP contribution in [0.3, 0.4) is 0 Å². The second kappa shape index (κ2) is 9.41. The maximum absolute atomic E-state index is 13.5. The molecule has 3 aromatic carbocycles. The number of benzene rings is 3. The van der Waals surface area contributed by atoms with Crippen LogP contribution in [0.15, 0.2) is 84.9 Å². The minimum atomic E-state index is -1.63. The van der Waals surface area contributed by atoms with Gasteiger partial charge in [0.15, 0.2) is 6.10 Å². The Balaban J connectivity index is 1.48. The molecule has 2 aliphatic rings. The van der Waals surface area contributed by atoms with Crippen LogP contribution in [0.2, 0.25) is 0 Å². The van der Waals surface area contributed by atoms with Crippen LogP contribution in [0, 0.1) is 0 Å². The molecule has 0 unspecified atom stereocenters.